The average molecular weight is 425 g/mol. The fourth-order valence-electron chi connectivity index (χ4n) is 5.23. The Morgan fingerprint density at radius 2 is 1.93 bits per heavy atom. The number of fused-ring (bicyclic) bond motifs is 2. The summed E-state index contributed by atoms with van der Waals surface area (Å²) in [5.41, 5.74) is 5.35. The lowest BCUT2D eigenvalue weighted by atomic mass is 10.0. The molecule has 0 spiro atoms. The number of thioether (sulfide) groups is 1. The van der Waals surface area contributed by atoms with Crippen molar-refractivity contribution < 1.29 is 0 Å². The second kappa shape index (κ2) is 9.25. The van der Waals surface area contributed by atoms with Crippen molar-refractivity contribution in [2.24, 2.45) is 0 Å². The Morgan fingerprint density at radius 1 is 1.10 bits per heavy atom. The first-order chi connectivity index (χ1) is 14.8. The molecule has 160 valence electrons. The van der Waals surface area contributed by atoms with Gasteiger partial charge in [-0.25, -0.2) is 4.68 Å². The van der Waals surface area contributed by atoms with E-state index in [0.717, 1.165) is 61.7 Å². The number of likely N-dealkylation sites (tertiary alicyclic amines) is 1. The molecular formula is C24H32N4OS. The zero-order valence-corrected chi connectivity index (χ0v) is 18.5. The van der Waals surface area contributed by atoms with E-state index >= 15 is 0 Å². The SMILES string of the molecule is O=c1cc2c(nn1CCN1CCCCC1CNC1Cc3ccccc3C1)CCSC2. The quantitative estimate of drug-likeness (QED) is 0.773. The van der Waals surface area contributed by atoms with Crippen LogP contribution in [0.2, 0.25) is 0 Å². The molecule has 0 radical (unpaired) electrons. The first-order valence-electron chi connectivity index (χ1n) is 11.5. The highest BCUT2D eigenvalue weighted by Gasteiger charge is 2.26. The number of benzene rings is 1. The van der Waals surface area contributed by atoms with Gasteiger partial charge in [0.15, 0.2) is 0 Å². The van der Waals surface area contributed by atoms with Crippen molar-refractivity contribution in [2.75, 3.05) is 25.4 Å². The van der Waals surface area contributed by atoms with Crippen molar-refractivity contribution in [3.8, 4) is 0 Å². The van der Waals surface area contributed by atoms with Crippen molar-refractivity contribution in [1.29, 1.82) is 0 Å². The van der Waals surface area contributed by atoms with Crippen molar-refractivity contribution in [3.63, 3.8) is 0 Å². The van der Waals surface area contributed by atoms with Gasteiger partial charge in [0, 0.05) is 43.4 Å². The van der Waals surface area contributed by atoms with Gasteiger partial charge in [0.05, 0.1) is 12.2 Å². The first kappa shape index (κ1) is 20.3. The Kier molecular flexibility index (Phi) is 6.25. The molecule has 30 heavy (non-hydrogen) atoms. The topological polar surface area (TPSA) is 50.2 Å². The van der Waals surface area contributed by atoms with Crippen LogP contribution in [0.15, 0.2) is 35.1 Å². The van der Waals surface area contributed by atoms with Crippen molar-refractivity contribution in [1.82, 2.24) is 20.0 Å². The van der Waals surface area contributed by atoms with Crippen LogP contribution in [0, 0.1) is 0 Å². The molecule has 5 rings (SSSR count). The summed E-state index contributed by atoms with van der Waals surface area (Å²) in [6.07, 6.45) is 7.10. The zero-order chi connectivity index (χ0) is 20.3. The second-order valence-corrected chi connectivity index (χ2v) is 10.1. The van der Waals surface area contributed by atoms with E-state index < -0.39 is 0 Å². The lowest BCUT2D eigenvalue weighted by Gasteiger charge is -2.36. The van der Waals surface area contributed by atoms with Crippen molar-refractivity contribution in [3.05, 3.63) is 63.1 Å². The van der Waals surface area contributed by atoms with Gasteiger partial charge in [-0.1, -0.05) is 30.7 Å². The summed E-state index contributed by atoms with van der Waals surface area (Å²) in [7, 11) is 0. The molecule has 6 heteroatoms. The molecule has 0 amide bonds. The van der Waals surface area contributed by atoms with Crippen LogP contribution in [-0.4, -0.2) is 52.2 Å². The normalized spacial score (nSPS) is 22.1. The van der Waals surface area contributed by atoms with Crippen LogP contribution >= 0.6 is 11.8 Å². The van der Waals surface area contributed by atoms with Crippen LogP contribution < -0.4 is 10.9 Å². The van der Waals surface area contributed by atoms with Crippen LogP contribution in [0.4, 0.5) is 0 Å². The Bertz CT molecular complexity index is 918. The highest BCUT2D eigenvalue weighted by molar-refractivity contribution is 7.98. The van der Waals surface area contributed by atoms with E-state index in [0.29, 0.717) is 18.6 Å². The van der Waals surface area contributed by atoms with Gasteiger partial charge in [-0.15, -0.1) is 0 Å². The van der Waals surface area contributed by atoms with Gasteiger partial charge < -0.3 is 5.32 Å². The molecule has 1 atom stereocenters. The molecule has 3 aliphatic rings. The maximum Gasteiger partial charge on any atom is 0.267 e. The summed E-state index contributed by atoms with van der Waals surface area (Å²) in [5.74, 6) is 2.05. The summed E-state index contributed by atoms with van der Waals surface area (Å²) < 4.78 is 1.71. The average Bonchev–Trinajstić information content (AvgIpc) is 3.20. The number of aryl methyl sites for hydroxylation is 1. The van der Waals surface area contributed by atoms with E-state index in [2.05, 4.69) is 34.5 Å². The molecule has 2 aromatic rings. The molecule has 5 nitrogen and oxygen atoms in total. The molecule has 2 aliphatic heterocycles. The predicted octanol–water partition coefficient (Wildman–Crippen LogP) is 2.64. The fourth-order valence-corrected chi connectivity index (χ4v) is 6.18. The minimum Gasteiger partial charge on any atom is -0.312 e. The van der Waals surface area contributed by atoms with E-state index in [1.165, 1.54) is 30.4 Å². The number of nitrogens with one attached hydrogen (secondary N) is 1. The van der Waals surface area contributed by atoms with E-state index in [9.17, 15) is 4.79 Å². The molecular weight excluding hydrogens is 392 g/mol. The standard InChI is InChI=1S/C24H32N4OS/c29-24-15-20-17-30-12-8-23(20)26-28(24)11-10-27-9-4-3-7-22(27)16-25-21-13-18-5-1-2-6-19(18)14-21/h1-2,5-6,15,21-22,25H,3-4,7-14,16-17H2. The van der Waals surface area contributed by atoms with Gasteiger partial charge in [-0.3, -0.25) is 9.69 Å². The van der Waals surface area contributed by atoms with Crippen LogP contribution in [0.1, 0.15) is 41.6 Å². The monoisotopic (exact) mass is 424 g/mol. The summed E-state index contributed by atoms with van der Waals surface area (Å²) in [6, 6.07) is 11.8. The van der Waals surface area contributed by atoms with Gasteiger partial charge in [0.1, 0.15) is 0 Å². The Balaban J connectivity index is 1.17. The van der Waals surface area contributed by atoms with Crippen LogP contribution in [0.3, 0.4) is 0 Å². The molecule has 1 saturated heterocycles. The predicted molar refractivity (Wildman–Crippen MR) is 123 cm³/mol. The second-order valence-electron chi connectivity index (χ2n) is 8.95. The molecule has 1 fully saturated rings. The van der Waals surface area contributed by atoms with Crippen LogP contribution in [-0.2, 0) is 31.6 Å². The summed E-state index contributed by atoms with van der Waals surface area (Å²) in [5, 5.41) is 8.55. The van der Waals surface area contributed by atoms with Crippen molar-refractivity contribution in [2.45, 2.75) is 62.9 Å². The third-order valence-electron chi connectivity index (χ3n) is 6.95. The van der Waals surface area contributed by atoms with E-state index in [1.807, 2.05) is 17.8 Å². The van der Waals surface area contributed by atoms with Gasteiger partial charge in [-0.2, -0.15) is 16.9 Å². The minimum absolute atomic E-state index is 0.0617. The number of piperidine rings is 1. The Labute approximate surface area is 183 Å². The molecule has 1 aliphatic carbocycles. The molecule has 0 bridgehead atoms. The summed E-state index contributed by atoms with van der Waals surface area (Å²) in [6.45, 7) is 3.79. The van der Waals surface area contributed by atoms with Gasteiger partial charge in [-0.05, 0) is 54.7 Å². The zero-order valence-electron chi connectivity index (χ0n) is 17.7. The Hall–Kier alpha value is -1.63. The molecule has 3 heterocycles. The van der Waals surface area contributed by atoms with Gasteiger partial charge >= 0.3 is 0 Å². The van der Waals surface area contributed by atoms with E-state index in [1.54, 1.807) is 4.68 Å². The third kappa shape index (κ3) is 4.51. The summed E-state index contributed by atoms with van der Waals surface area (Å²) >= 11 is 1.90. The number of nitrogens with zero attached hydrogens (tertiary/aromatic N) is 3. The highest BCUT2D eigenvalue weighted by Crippen LogP contribution is 2.23. The highest BCUT2D eigenvalue weighted by atomic mass is 32.2. The summed E-state index contributed by atoms with van der Waals surface area (Å²) in [4.78, 5) is 15.1. The fraction of sp³-hybridized carbons (Fsp3) is 0.583. The number of rotatable bonds is 6. The maximum absolute atomic E-state index is 12.5. The first-order valence-corrected chi connectivity index (χ1v) is 12.6. The number of hydrogen-bond donors (Lipinski definition) is 1. The lowest BCUT2D eigenvalue weighted by molar-refractivity contribution is 0.135. The van der Waals surface area contributed by atoms with E-state index in [4.69, 9.17) is 5.10 Å². The lowest BCUT2D eigenvalue weighted by Crippen LogP contribution is -2.49. The smallest absolute Gasteiger partial charge is 0.267 e. The third-order valence-corrected chi connectivity index (χ3v) is 7.95. The van der Waals surface area contributed by atoms with Gasteiger partial charge in [0.2, 0.25) is 0 Å². The van der Waals surface area contributed by atoms with Crippen LogP contribution in [0.25, 0.3) is 0 Å². The van der Waals surface area contributed by atoms with Gasteiger partial charge in [0.25, 0.3) is 5.56 Å². The Morgan fingerprint density at radius 3 is 2.77 bits per heavy atom. The largest absolute Gasteiger partial charge is 0.312 e. The molecule has 1 unspecified atom stereocenters. The molecule has 1 N–H and O–H groups in total. The maximum atomic E-state index is 12.5. The van der Waals surface area contributed by atoms with Crippen LogP contribution in [0.5, 0.6) is 0 Å². The minimum atomic E-state index is 0.0617. The molecule has 1 aromatic carbocycles. The number of hydrogen-bond acceptors (Lipinski definition) is 5. The van der Waals surface area contributed by atoms with E-state index in [-0.39, 0.29) is 5.56 Å². The molecule has 1 aromatic heterocycles. The number of aromatic nitrogens is 2. The van der Waals surface area contributed by atoms with Crippen molar-refractivity contribution >= 4 is 11.8 Å². The molecule has 0 saturated carbocycles.